The van der Waals surface area contributed by atoms with Gasteiger partial charge in [0.15, 0.2) is 0 Å². The largest absolute Gasteiger partial charge is 0.487 e. The van der Waals surface area contributed by atoms with Crippen LogP contribution in [0.2, 0.25) is 0 Å². The lowest BCUT2D eigenvalue weighted by atomic mass is 9.66. The first kappa shape index (κ1) is 14.8. The Bertz CT molecular complexity index is 525. The molecule has 3 rings (SSSR count). The quantitative estimate of drug-likeness (QED) is 0.756. The monoisotopic (exact) mass is 292 g/mol. The standard InChI is InChI=1S/C18H25FO2/c1-17(2,3)12-6-8-18(9-7-12)11-15(20)14-5-4-13(19)10-16(14)21-18/h4-5,10,12,15,20H,6-9,11H2,1-3H3/t12?,15-,18?/m0/s1. The molecular weight excluding hydrogens is 267 g/mol. The number of halogens is 1. The van der Waals surface area contributed by atoms with Gasteiger partial charge in [-0.05, 0) is 49.1 Å². The van der Waals surface area contributed by atoms with E-state index in [9.17, 15) is 9.50 Å². The van der Waals surface area contributed by atoms with E-state index in [2.05, 4.69) is 20.8 Å². The van der Waals surface area contributed by atoms with Crippen molar-refractivity contribution in [2.24, 2.45) is 11.3 Å². The Labute approximate surface area is 126 Å². The SMILES string of the molecule is CC(C)(C)C1CCC2(CC1)C[C@H](O)c1ccc(F)cc1O2. The van der Waals surface area contributed by atoms with Crippen LogP contribution >= 0.6 is 0 Å². The van der Waals surface area contributed by atoms with Crippen molar-refractivity contribution in [3.63, 3.8) is 0 Å². The Balaban J connectivity index is 1.80. The summed E-state index contributed by atoms with van der Waals surface area (Å²) in [5.41, 5.74) is 0.737. The van der Waals surface area contributed by atoms with Crippen LogP contribution in [-0.2, 0) is 0 Å². The Kier molecular flexibility index (Phi) is 3.52. The molecule has 1 aliphatic carbocycles. The van der Waals surface area contributed by atoms with Gasteiger partial charge in [-0.3, -0.25) is 0 Å². The molecule has 1 aliphatic heterocycles. The molecule has 1 N–H and O–H groups in total. The van der Waals surface area contributed by atoms with Gasteiger partial charge in [0.2, 0.25) is 0 Å². The molecule has 116 valence electrons. The molecule has 1 heterocycles. The van der Waals surface area contributed by atoms with E-state index in [4.69, 9.17) is 4.74 Å². The van der Waals surface area contributed by atoms with Gasteiger partial charge < -0.3 is 9.84 Å². The summed E-state index contributed by atoms with van der Waals surface area (Å²) < 4.78 is 19.6. The van der Waals surface area contributed by atoms with Gasteiger partial charge in [-0.25, -0.2) is 4.39 Å². The highest BCUT2D eigenvalue weighted by Gasteiger charge is 2.44. The Morgan fingerprint density at radius 3 is 2.52 bits per heavy atom. The lowest BCUT2D eigenvalue weighted by Gasteiger charge is -2.47. The summed E-state index contributed by atoms with van der Waals surface area (Å²) in [7, 11) is 0. The van der Waals surface area contributed by atoms with Crippen LogP contribution in [0.1, 0.15) is 64.5 Å². The van der Waals surface area contributed by atoms with Crippen molar-refractivity contribution >= 4 is 0 Å². The van der Waals surface area contributed by atoms with Crippen molar-refractivity contribution in [3.05, 3.63) is 29.6 Å². The summed E-state index contributed by atoms with van der Waals surface area (Å²) in [4.78, 5) is 0. The maximum atomic E-state index is 13.4. The average Bonchev–Trinajstić information content (AvgIpc) is 2.37. The predicted molar refractivity (Wildman–Crippen MR) is 80.7 cm³/mol. The number of hydrogen-bond acceptors (Lipinski definition) is 2. The van der Waals surface area contributed by atoms with Crippen LogP contribution in [-0.4, -0.2) is 10.7 Å². The van der Waals surface area contributed by atoms with Crippen LogP contribution in [0.5, 0.6) is 5.75 Å². The molecule has 0 unspecified atom stereocenters. The minimum Gasteiger partial charge on any atom is -0.487 e. The van der Waals surface area contributed by atoms with Gasteiger partial charge in [0.05, 0.1) is 6.10 Å². The lowest BCUT2D eigenvalue weighted by Crippen LogP contribution is -2.45. The molecule has 0 aromatic heterocycles. The molecule has 0 bridgehead atoms. The first-order chi connectivity index (χ1) is 9.79. The summed E-state index contributed by atoms with van der Waals surface area (Å²) in [6, 6.07) is 4.44. The molecule has 1 saturated carbocycles. The van der Waals surface area contributed by atoms with Crippen LogP contribution < -0.4 is 4.74 Å². The third-order valence-corrected chi connectivity index (χ3v) is 5.35. The normalized spacial score (nSPS) is 32.6. The molecule has 3 heteroatoms. The second kappa shape index (κ2) is 4.98. The first-order valence-electron chi connectivity index (χ1n) is 7.96. The number of fused-ring (bicyclic) bond motifs is 1. The first-order valence-corrected chi connectivity index (χ1v) is 7.96. The number of ether oxygens (including phenoxy) is 1. The molecule has 0 saturated heterocycles. The topological polar surface area (TPSA) is 29.5 Å². The van der Waals surface area contributed by atoms with Crippen LogP contribution in [0, 0.1) is 17.2 Å². The molecule has 1 fully saturated rings. The number of aliphatic hydroxyl groups is 1. The molecule has 1 aromatic carbocycles. The molecule has 1 spiro atoms. The number of benzene rings is 1. The van der Waals surface area contributed by atoms with Crippen molar-refractivity contribution in [1.29, 1.82) is 0 Å². The summed E-state index contributed by atoms with van der Waals surface area (Å²) >= 11 is 0. The summed E-state index contributed by atoms with van der Waals surface area (Å²) in [6.07, 6.45) is 4.20. The smallest absolute Gasteiger partial charge is 0.128 e. The Hall–Kier alpha value is -1.09. The van der Waals surface area contributed by atoms with E-state index in [-0.39, 0.29) is 11.4 Å². The minimum atomic E-state index is -0.541. The zero-order valence-electron chi connectivity index (χ0n) is 13.2. The fraction of sp³-hybridized carbons (Fsp3) is 0.667. The number of rotatable bonds is 0. The molecule has 2 aliphatic rings. The van der Waals surface area contributed by atoms with E-state index in [1.807, 2.05) is 0 Å². The Morgan fingerprint density at radius 2 is 1.90 bits per heavy atom. The zero-order valence-corrected chi connectivity index (χ0v) is 13.2. The molecular formula is C18H25FO2. The van der Waals surface area contributed by atoms with Gasteiger partial charge in [-0.2, -0.15) is 0 Å². The Morgan fingerprint density at radius 1 is 1.24 bits per heavy atom. The predicted octanol–water partition coefficient (Wildman–Crippen LogP) is 4.62. The average molecular weight is 292 g/mol. The number of hydrogen-bond donors (Lipinski definition) is 1. The van der Waals surface area contributed by atoms with Gasteiger partial charge in [-0.1, -0.05) is 20.8 Å². The maximum absolute atomic E-state index is 13.4. The van der Waals surface area contributed by atoms with Crippen molar-refractivity contribution in [2.75, 3.05) is 0 Å². The second-order valence-electron chi connectivity index (χ2n) is 7.83. The molecule has 1 aromatic rings. The van der Waals surface area contributed by atoms with E-state index >= 15 is 0 Å². The highest BCUT2D eigenvalue weighted by Crippen LogP contribution is 2.49. The molecule has 0 amide bonds. The van der Waals surface area contributed by atoms with E-state index in [1.54, 1.807) is 6.07 Å². The van der Waals surface area contributed by atoms with Crippen LogP contribution in [0.3, 0.4) is 0 Å². The highest BCUT2D eigenvalue weighted by molar-refractivity contribution is 5.38. The summed E-state index contributed by atoms with van der Waals surface area (Å²) in [5.74, 6) is 0.919. The second-order valence-corrected chi connectivity index (χ2v) is 7.83. The van der Waals surface area contributed by atoms with E-state index in [0.29, 0.717) is 23.5 Å². The van der Waals surface area contributed by atoms with E-state index < -0.39 is 6.10 Å². The zero-order chi connectivity index (χ0) is 15.3. The van der Waals surface area contributed by atoms with Gasteiger partial charge >= 0.3 is 0 Å². The fourth-order valence-corrected chi connectivity index (χ4v) is 3.93. The van der Waals surface area contributed by atoms with Gasteiger partial charge in [-0.15, -0.1) is 0 Å². The fourth-order valence-electron chi connectivity index (χ4n) is 3.93. The van der Waals surface area contributed by atoms with Crippen LogP contribution in [0.25, 0.3) is 0 Å². The van der Waals surface area contributed by atoms with Gasteiger partial charge in [0.25, 0.3) is 0 Å². The molecule has 1 atom stereocenters. The summed E-state index contributed by atoms with van der Waals surface area (Å²) in [5, 5.41) is 10.4. The third-order valence-electron chi connectivity index (χ3n) is 5.35. The van der Waals surface area contributed by atoms with Crippen LogP contribution in [0.15, 0.2) is 18.2 Å². The third kappa shape index (κ3) is 2.80. The summed E-state index contributed by atoms with van der Waals surface area (Å²) in [6.45, 7) is 6.87. The van der Waals surface area contributed by atoms with Gasteiger partial charge in [0, 0.05) is 18.1 Å². The minimum absolute atomic E-state index is 0.304. The highest BCUT2D eigenvalue weighted by atomic mass is 19.1. The molecule has 21 heavy (non-hydrogen) atoms. The number of aliphatic hydroxyl groups excluding tert-OH is 1. The van der Waals surface area contributed by atoms with E-state index in [0.717, 1.165) is 31.2 Å². The van der Waals surface area contributed by atoms with Crippen molar-refractivity contribution < 1.29 is 14.2 Å². The van der Waals surface area contributed by atoms with Crippen molar-refractivity contribution in [1.82, 2.24) is 0 Å². The van der Waals surface area contributed by atoms with Crippen LogP contribution in [0.4, 0.5) is 4.39 Å². The van der Waals surface area contributed by atoms with Crippen molar-refractivity contribution in [3.8, 4) is 5.75 Å². The van der Waals surface area contributed by atoms with Gasteiger partial charge in [0.1, 0.15) is 17.2 Å². The van der Waals surface area contributed by atoms with Crippen molar-refractivity contribution in [2.45, 2.75) is 64.6 Å². The maximum Gasteiger partial charge on any atom is 0.128 e. The van der Waals surface area contributed by atoms with E-state index in [1.165, 1.54) is 12.1 Å². The molecule has 2 nitrogen and oxygen atoms in total. The molecule has 0 radical (unpaired) electrons. The lowest BCUT2D eigenvalue weighted by molar-refractivity contribution is -0.0565.